The number of nitro groups is 1. The Kier molecular flexibility index (Phi) is 4.29. The Balaban J connectivity index is 3.35. The van der Waals surface area contributed by atoms with Crippen LogP contribution in [0.25, 0.3) is 0 Å². The summed E-state index contributed by atoms with van der Waals surface area (Å²) in [5.74, 6) is 0. The molecule has 0 radical (unpaired) electrons. The van der Waals surface area contributed by atoms with Crippen molar-refractivity contribution in [1.82, 2.24) is 0 Å². The average molecular weight is 256 g/mol. The normalized spacial score (nSPS) is 11.2. The van der Waals surface area contributed by atoms with Crippen LogP contribution < -0.4 is 10.6 Å². The van der Waals surface area contributed by atoms with Crippen LogP contribution in [-0.4, -0.2) is 24.3 Å². The van der Waals surface area contributed by atoms with E-state index in [1.807, 2.05) is 13.8 Å². The minimum Gasteiger partial charge on any atom is -0.387 e. The molecule has 0 aliphatic heterocycles. The first-order chi connectivity index (χ1) is 7.98. The van der Waals surface area contributed by atoms with E-state index in [4.69, 9.17) is 0 Å². The maximum atomic E-state index is 12.6. The van der Waals surface area contributed by atoms with E-state index in [0.717, 1.165) is 0 Å². The van der Waals surface area contributed by atoms with Crippen LogP contribution >= 0.6 is 7.14 Å². The molecular weight excluding hydrogens is 239 g/mol. The molecule has 0 unspecified atom stereocenters. The molecule has 17 heavy (non-hydrogen) atoms. The molecule has 0 atom stereocenters. The van der Waals surface area contributed by atoms with E-state index in [0.29, 0.717) is 23.3 Å². The highest BCUT2D eigenvalue weighted by molar-refractivity contribution is 7.71. The lowest BCUT2D eigenvalue weighted by Crippen LogP contribution is -2.14. The summed E-state index contributed by atoms with van der Waals surface area (Å²) < 4.78 is 12.6. The van der Waals surface area contributed by atoms with Gasteiger partial charge in [-0.25, -0.2) is 0 Å². The maximum absolute atomic E-state index is 12.6. The lowest BCUT2D eigenvalue weighted by atomic mass is 10.3. The highest BCUT2D eigenvalue weighted by Gasteiger charge is 2.24. The Bertz CT molecular complexity index is 466. The maximum Gasteiger partial charge on any atom is 0.271 e. The second-order valence-electron chi connectivity index (χ2n) is 3.73. The van der Waals surface area contributed by atoms with Crippen molar-refractivity contribution in [2.45, 2.75) is 13.8 Å². The predicted octanol–water partition coefficient (Wildman–Crippen LogP) is 2.66. The Morgan fingerprint density at radius 3 is 2.35 bits per heavy atom. The summed E-state index contributed by atoms with van der Waals surface area (Å²) in [7, 11) is -0.744. The van der Waals surface area contributed by atoms with E-state index in [1.54, 1.807) is 13.1 Å². The first-order valence-electron chi connectivity index (χ1n) is 5.53. The Morgan fingerprint density at radius 1 is 1.35 bits per heavy atom. The van der Waals surface area contributed by atoms with Gasteiger partial charge >= 0.3 is 0 Å². The number of nitro benzene ring substituents is 1. The van der Waals surface area contributed by atoms with E-state index in [1.165, 1.54) is 12.1 Å². The number of nitrogens with one attached hydrogen (secondary N) is 1. The fraction of sp³-hybridized carbons (Fsp3) is 0.455. The van der Waals surface area contributed by atoms with Crippen molar-refractivity contribution in [3.05, 3.63) is 28.3 Å². The molecule has 0 saturated heterocycles. The molecule has 5 nitrogen and oxygen atoms in total. The highest BCUT2D eigenvalue weighted by Crippen LogP contribution is 2.45. The van der Waals surface area contributed by atoms with E-state index in [-0.39, 0.29) is 5.69 Å². The number of benzene rings is 1. The molecule has 0 heterocycles. The lowest BCUT2D eigenvalue weighted by Gasteiger charge is -2.18. The number of hydrogen-bond donors (Lipinski definition) is 1. The van der Waals surface area contributed by atoms with Gasteiger partial charge in [-0.3, -0.25) is 10.1 Å². The third-order valence-corrected chi connectivity index (χ3v) is 6.23. The van der Waals surface area contributed by atoms with Crippen LogP contribution in [0, 0.1) is 10.1 Å². The van der Waals surface area contributed by atoms with Crippen molar-refractivity contribution >= 4 is 23.8 Å². The molecule has 1 aromatic rings. The van der Waals surface area contributed by atoms with E-state index in [2.05, 4.69) is 5.32 Å². The fourth-order valence-electron chi connectivity index (χ4n) is 1.76. The van der Waals surface area contributed by atoms with Gasteiger partial charge in [0, 0.05) is 36.8 Å². The molecule has 0 saturated carbocycles. The van der Waals surface area contributed by atoms with Crippen LogP contribution in [0.5, 0.6) is 0 Å². The molecular formula is C11H17N2O3P. The molecule has 0 amide bonds. The molecule has 1 rings (SSSR count). The molecule has 6 heteroatoms. The van der Waals surface area contributed by atoms with Crippen molar-refractivity contribution in [2.24, 2.45) is 0 Å². The van der Waals surface area contributed by atoms with Gasteiger partial charge in [0.2, 0.25) is 0 Å². The quantitative estimate of drug-likeness (QED) is 0.499. The molecule has 1 aromatic carbocycles. The molecule has 0 aromatic heterocycles. The SMILES string of the molecule is CCP(=O)(CC)c1ccc([N+](=O)[O-])cc1NC. The molecule has 0 aliphatic rings. The molecule has 0 spiro atoms. The second-order valence-corrected chi connectivity index (χ2v) is 7.26. The summed E-state index contributed by atoms with van der Waals surface area (Å²) in [6.45, 7) is 3.76. The van der Waals surface area contributed by atoms with Crippen LogP contribution in [0.2, 0.25) is 0 Å². The van der Waals surface area contributed by atoms with E-state index < -0.39 is 12.1 Å². The standard InChI is InChI=1S/C11H17N2O3P/c1-4-17(16,5-2)11-7-6-9(13(14)15)8-10(11)12-3/h6-8,12H,4-5H2,1-3H3. The smallest absolute Gasteiger partial charge is 0.271 e. The van der Waals surface area contributed by atoms with Gasteiger partial charge < -0.3 is 9.88 Å². The second kappa shape index (κ2) is 5.32. The Morgan fingerprint density at radius 2 is 1.94 bits per heavy atom. The molecule has 0 fully saturated rings. The third-order valence-electron chi connectivity index (χ3n) is 2.92. The molecule has 0 aliphatic carbocycles. The summed E-state index contributed by atoms with van der Waals surface area (Å²) in [5.41, 5.74) is 0.600. The monoisotopic (exact) mass is 256 g/mol. The largest absolute Gasteiger partial charge is 0.387 e. The zero-order valence-corrected chi connectivity index (χ0v) is 11.2. The minimum absolute atomic E-state index is 0.0110. The highest BCUT2D eigenvalue weighted by atomic mass is 31.2. The van der Waals surface area contributed by atoms with Gasteiger partial charge in [-0.2, -0.15) is 0 Å². The number of rotatable bonds is 5. The molecule has 0 bridgehead atoms. The Labute approximate surface area is 101 Å². The lowest BCUT2D eigenvalue weighted by molar-refractivity contribution is -0.384. The van der Waals surface area contributed by atoms with Gasteiger partial charge in [-0.15, -0.1) is 0 Å². The van der Waals surface area contributed by atoms with Crippen molar-refractivity contribution in [3.63, 3.8) is 0 Å². The Hall–Kier alpha value is -1.35. The van der Waals surface area contributed by atoms with E-state index >= 15 is 0 Å². The van der Waals surface area contributed by atoms with Crippen molar-refractivity contribution in [3.8, 4) is 0 Å². The number of hydrogen-bond acceptors (Lipinski definition) is 4. The van der Waals surface area contributed by atoms with Crippen LogP contribution in [0.3, 0.4) is 0 Å². The van der Waals surface area contributed by atoms with Gasteiger partial charge in [0.15, 0.2) is 0 Å². The minimum atomic E-state index is -2.42. The number of non-ortho nitro benzene ring substituents is 1. The first kappa shape index (κ1) is 13.7. The summed E-state index contributed by atoms with van der Waals surface area (Å²) in [4.78, 5) is 10.2. The summed E-state index contributed by atoms with van der Waals surface area (Å²) in [6.07, 6.45) is 1.13. The van der Waals surface area contributed by atoms with Crippen LogP contribution in [0.15, 0.2) is 18.2 Å². The van der Waals surface area contributed by atoms with Crippen LogP contribution in [0.4, 0.5) is 11.4 Å². The average Bonchev–Trinajstić information content (AvgIpc) is 2.36. The van der Waals surface area contributed by atoms with Crippen molar-refractivity contribution in [1.29, 1.82) is 0 Å². The number of anilines is 1. The topological polar surface area (TPSA) is 72.2 Å². The van der Waals surface area contributed by atoms with Gasteiger partial charge in [0.1, 0.15) is 7.14 Å². The number of nitrogens with zero attached hydrogens (tertiary/aromatic N) is 1. The summed E-state index contributed by atoms with van der Waals surface area (Å²) >= 11 is 0. The van der Waals surface area contributed by atoms with Gasteiger partial charge in [-0.1, -0.05) is 13.8 Å². The molecule has 94 valence electrons. The first-order valence-corrected chi connectivity index (χ1v) is 7.61. The van der Waals surface area contributed by atoms with Crippen molar-refractivity contribution in [2.75, 3.05) is 24.7 Å². The summed E-state index contributed by atoms with van der Waals surface area (Å²) in [5, 5.41) is 14.3. The third kappa shape index (κ3) is 2.67. The van der Waals surface area contributed by atoms with E-state index in [9.17, 15) is 14.7 Å². The zero-order valence-electron chi connectivity index (χ0n) is 10.3. The zero-order chi connectivity index (χ0) is 13.1. The fourth-order valence-corrected chi connectivity index (χ4v) is 3.85. The van der Waals surface area contributed by atoms with Gasteiger partial charge in [0.05, 0.1) is 10.6 Å². The predicted molar refractivity (Wildman–Crippen MR) is 71.0 cm³/mol. The summed E-state index contributed by atoms with van der Waals surface area (Å²) in [6, 6.07) is 4.46. The van der Waals surface area contributed by atoms with Crippen LogP contribution in [0.1, 0.15) is 13.8 Å². The van der Waals surface area contributed by atoms with Crippen LogP contribution in [-0.2, 0) is 4.57 Å². The van der Waals surface area contributed by atoms with Gasteiger partial charge in [0.25, 0.3) is 5.69 Å². The van der Waals surface area contributed by atoms with Gasteiger partial charge in [-0.05, 0) is 6.07 Å². The van der Waals surface area contributed by atoms with Crippen molar-refractivity contribution < 1.29 is 9.49 Å². The molecule has 1 N–H and O–H groups in total.